The monoisotopic (exact) mass is 511 g/mol. The Morgan fingerprint density at radius 1 is 1.05 bits per heavy atom. The van der Waals surface area contributed by atoms with E-state index >= 15 is 0 Å². The molecule has 194 valence electrons. The number of hydrogen-bond donors (Lipinski definition) is 0. The van der Waals surface area contributed by atoms with E-state index in [1.165, 1.54) is 39.2 Å². The van der Waals surface area contributed by atoms with Gasteiger partial charge in [-0.25, -0.2) is 0 Å². The SMILES string of the molecule is C=C(/C=C/C1=C(Cl)C(=C/C=C2/N(CCC)c3ccccc3C2(C)C)/CCC1)C(C)(C)c1ccccc1C. The van der Waals surface area contributed by atoms with Crippen molar-refractivity contribution >= 4 is 17.3 Å². The van der Waals surface area contributed by atoms with Crippen molar-refractivity contribution in [3.05, 3.63) is 124 Å². The van der Waals surface area contributed by atoms with E-state index in [0.29, 0.717) is 0 Å². The molecule has 0 saturated heterocycles. The Kier molecular flexibility index (Phi) is 8.05. The Morgan fingerprint density at radius 3 is 2.49 bits per heavy atom. The standard InChI is InChI=1S/C35H42ClN/c1-8-24-37-31-19-12-11-18-30(31)35(6,7)32(37)23-22-28-16-13-15-27(33(28)36)21-20-26(3)34(4,5)29-17-10-9-14-25(29)2/h9-12,14,17-23H,3,8,13,15-16,24H2,1-2,4-7H3/b21-20+,28-22+,32-23+. The van der Waals surface area contributed by atoms with Gasteiger partial charge in [0, 0.05) is 33.8 Å². The van der Waals surface area contributed by atoms with Crippen molar-refractivity contribution in [2.45, 2.75) is 78.1 Å². The fourth-order valence-corrected chi connectivity index (χ4v) is 6.16. The second kappa shape index (κ2) is 10.9. The van der Waals surface area contributed by atoms with Crippen LogP contribution >= 0.6 is 11.6 Å². The minimum atomic E-state index is -0.140. The lowest BCUT2D eigenvalue weighted by molar-refractivity contribution is 0.629. The van der Waals surface area contributed by atoms with Crippen LogP contribution in [0, 0.1) is 6.92 Å². The van der Waals surface area contributed by atoms with Crippen LogP contribution in [0.3, 0.4) is 0 Å². The predicted octanol–water partition coefficient (Wildman–Crippen LogP) is 10.1. The minimum absolute atomic E-state index is 0.0324. The van der Waals surface area contributed by atoms with Gasteiger partial charge in [-0.2, -0.15) is 0 Å². The van der Waals surface area contributed by atoms with Crippen LogP contribution in [-0.2, 0) is 10.8 Å². The largest absolute Gasteiger partial charge is 0.344 e. The lowest BCUT2D eigenvalue weighted by atomic mass is 9.76. The molecule has 1 nitrogen and oxygen atoms in total. The smallest absolute Gasteiger partial charge is 0.0469 e. The molecule has 2 aromatic rings. The number of benzene rings is 2. The van der Waals surface area contributed by atoms with E-state index in [1.807, 2.05) is 0 Å². The number of fused-ring (bicyclic) bond motifs is 1. The van der Waals surface area contributed by atoms with E-state index in [0.717, 1.165) is 42.8 Å². The number of aryl methyl sites for hydroxylation is 1. The Labute approximate surface area is 229 Å². The van der Waals surface area contributed by atoms with Crippen molar-refractivity contribution in [3.63, 3.8) is 0 Å². The lowest BCUT2D eigenvalue weighted by Crippen LogP contribution is -2.26. The number of halogens is 1. The van der Waals surface area contributed by atoms with Gasteiger partial charge in [-0.3, -0.25) is 0 Å². The zero-order valence-electron chi connectivity index (χ0n) is 23.5. The lowest BCUT2D eigenvalue weighted by Gasteiger charge is -2.28. The molecule has 4 rings (SSSR count). The first kappa shape index (κ1) is 27.3. The zero-order valence-corrected chi connectivity index (χ0v) is 24.3. The van der Waals surface area contributed by atoms with Crippen LogP contribution in [-0.4, -0.2) is 6.54 Å². The summed E-state index contributed by atoms with van der Waals surface area (Å²) in [6, 6.07) is 17.4. The fraction of sp³-hybridized carbons (Fsp3) is 0.371. The zero-order chi connectivity index (χ0) is 26.8. The molecule has 0 radical (unpaired) electrons. The summed E-state index contributed by atoms with van der Waals surface area (Å²) in [5.41, 5.74) is 10.1. The van der Waals surface area contributed by atoms with Crippen molar-refractivity contribution in [1.29, 1.82) is 0 Å². The van der Waals surface area contributed by atoms with Crippen molar-refractivity contribution in [1.82, 2.24) is 0 Å². The molecule has 0 aromatic heterocycles. The molecule has 0 saturated carbocycles. The Bertz CT molecular complexity index is 1300. The molecule has 0 amide bonds. The van der Waals surface area contributed by atoms with Crippen LogP contribution in [0.2, 0.25) is 0 Å². The van der Waals surface area contributed by atoms with Crippen LogP contribution in [0.1, 0.15) is 77.0 Å². The molecule has 2 aromatic carbocycles. The second-order valence-corrected chi connectivity index (χ2v) is 11.9. The van der Waals surface area contributed by atoms with Crippen LogP contribution in [0.5, 0.6) is 0 Å². The molecule has 0 atom stereocenters. The van der Waals surface area contributed by atoms with Crippen molar-refractivity contribution < 1.29 is 0 Å². The Balaban J connectivity index is 1.62. The van der Waals surface area contributed by atoms with Crippen LogP contribution in [0.4, 0.5) is 5.69 Å². The fourth-order valence-electron chi connectivity index (χ4n) is 5.85. The normalized spacial score (nSPS) is 19.8. The summed E-state index contributed by atoms with van der Waals surface area (Å²) >= 11 is 7.02. The maximum absolute atomic E-state index is 7.02. The highest BCUT2D eigenvalue weighted by molar-refractivity contribution is 6.32. The number of hydrogen-bond acceptors (Lipinski definition) is 1. The summed E-state index contributed by atoms with van der Waals surface area (Å²) in [5, 5.41) is 0.899. The maximum atomic E-state index is 7.02. The van der Waals surface area contributed by atoms with Gasteiger partial charge in [-0.1, -0.05) is 113 Å². The Hall–Kier alpha value is -2.77. The number of rotatable bonds is 7. The molecule has 0 bridgehead atoms. The van der Waals surface area contributed by atoms with Crippen molar-refractivity contribution in [2.24, 2.45) is 0 Å². The van der Waals surface area contributed by atoms with Gasteiger partial charge in [0.15, 0.2) is 0 Å². The first-order chi connectivity index (χ1) is 17.6. The number of nitrogens with zero attached hydrogens (tertiary/aromatic N) is 1. The highest BCUT2D eigenvalue weighted by Crippen LogP contribution is 2.48. The average molecular weight is 512 g/mol. The molecule has 1 heterocycles. The van der Waals surface area contributed by atoms with Crippen molar-refractivity contribution in [2.75, 3.05) is 11.4 Å². The summed E-state index contributed by atoms with van der Waals surface area (Å²) in [5.74, 6) is 0. The molecule has 1 aliphatic heterocycles. The highest BCUT2D eigenvalue weighted by Gasteiger charge is 2.39. The summed E-state index contributed by atoms with van der Waals surface area (Å²) in [6.07, 6.45) is 13.2. The molecule has 0 unspecified atom stereocenters. The minimum Gasteiger partial charge on any atom is -0.344 e. The van der Waals surface area contributed by atoms with Gasteiger partial charge < -0.3 is 4.90 Å². The summed E-state index contributed by atoms with van der Waals surface area (Å²) in [4.78, 5) is 2.49. The predicted molar refractivity (Wildman–Crippen MR) is 162 cm³/mol. The van der Waals surface area contributed by atoms with Gasteiger partial charge in [-0.05, 0) is 78.2 Å². The number of para-hydroxylation sites is 1. The van der Waals surface area contributed by atoms with Crippen LogP contribution in [0.15, 0.2) is 107 Å². The van der Waals surface area contributed by atoms with Gasteiger partial charge in [-0.15, -0.1) is 0 Å². The summed E-state index contributed by atoms with van der Waals surface area (Å²) < 4.78 is 0. The maximum Gasteiger partial charge on any atom is 0.0469 e. The summed E-state index contributed by atoms with van der Waals surface area (Å²) in [7, 11) is 0. The molecular weight excluding hydrogens is 470 g/mol. The quantitative estimate of drug-likeness (QED) is 0.334. The van der Waals surface area contributed by atoms with Gasteiger partial charge >= 0.3 is 0 Å². The first-order valence-corrected chi connectivity index (χ1v) is 14.1. The molecule has 37 heavy (non-hydrogen) atoms. The third kappa shape index (κ3) is 5.30. The third-order valence-electron chi connectivity index (χ3n) is 8.25. The van der Waals surface area contributed by atoms with Crippen molar-refractivity contribution in [3.8, 4) is 0 Å². The van der Waals surface area contributed by atoms with E-state index in [2.05, 4.69) is 126 Å². The molecule has 0 spiro atoms. The summed E-state index contributed by atoms with van der Waals surface area (Å²) in [6.45, 7) is 19.0. The van der Waals surface area contributed by atoms with E-state index < -0.39 is 0 Å². The van der Waals surface area contributed by atoms with E-state index in [-0.39, 0.29) is 10.8 Å². The van der Waals surface area contributed by atoms with Crippen LogP contribution < -0.4 is 4.90 Å². The topological polar surface area (TPSA) is 3.24 Å². The second-order valence-electron chi connectivity index (χ2n) is 11.5. The molecule has 1 aliphatic carbocycles. The molecule has 0 fully saturated rings. The van der Waals surface area contributed by atoms with Gasteiger partial charge in [0.05, 0.1) is 0 Å². The highest BCUT2D eigenvalue weighted by atomic mass is 35.5. The third-order valence-corrected chi connectivity index (χ3v) is 8.74. The van der Waals surface area contributed by atoms with Gasteiger partial charge in [0.1, 0.15) is 0 Å². The molecular formula is C35H42ClN. The first-order valence-electron chi connectivity index (χ1n) is 13.7. The Morgan fingerprint density at radius 2 is 1.76 bits per heavy atom. The van der Waals surface area contributed by atoms with E-state index in [4.69, 9.17) is 11.6 Å². The number of anilines is 1. The molecule has 2 heteroatoms. The van der Waals surface area contributed by atoms with Gasteiger partial charge in [0.2, 0.25) is 0 Å². The van der Waals surface area contributed by atoms with E-state index in [1.54, 1.807) is 0 Å². The van der Waals surface area contributed by atoms with E-state index in [9.17, 15) is 0 Å². The average Bonchev–Trinajstić information content (AvgIpc) is 3.09. The molecule has 2 aliphatic rings. The van der Waals surface area contributed by atoms with Crippen LogP contribution in [0.25, 0.3) is 0 Å². The molecule has 0 N–H and O–H groups in total. The number of allylic oxidation sites excluding steroid dienone is 9. The van der Waals surface area contributed by atoms with Gasteiger partial charge in [0.25, 0.3) is 0 Å².